The highest BCUT2D eigenvalue weighted by Gasteiger charge is 2.48. The van der Waals surface area contributed by atoms with Crippen LogP contribution in [0.5, 0.6) is 11.5 Å². The highest BCUT2D eigenvalue weighted by Crippen LogP contribution is 2.35. The second-order valence-electron chi connectivity index (χ2n) is 3.93. The van der Waals surface area contributed by atoms with Crippen molar-refractivity contribution in [3.8, 4) is 11.5 Å². The van der Waals surface area contributed by atoms with E-state index in [9.17, 15) is 30.8 Å². The Bertz CT molecular complexity index is 721. The van der Waals surface area contributed by atoms with Gasteiger partial charge in [-0.1, -0.05) is 0 Å². The van der Waals surface area contributed by atoms with Crippen molar-refractivity contribution in [1.29, 1.82) is 0 Å². The molecule has 1 aromatic carbocycles. The Balaban J connectivity index is 2.41. The zero-order chi connectivity index (χ0) is 15.8. The summed E-state index contributed by atoms with van der Waals surface area (Å²) in [6, 6.07) is 1.25. The van der Waals surface area contributed by atoms with E-state index in [1.807, 2.05) is 0 Å². The summed E-state index contributed by atoms with van der Waals surface area (Å²) in [4.78, 5) is 10.5. The van der Waals surface area contributed by atoms with E-state index in [1.165, 1.54) is 0 Å². The lowest BCUT2D eigenvalue weighted by molar-refractivity contribution is -0.105. The average molecular weight is 326 g/mol. The van der Waals surface area contributed by atoms with Crippen LogP contribution in [0.4, 0.5) is 17.6 Å². The lowest BCUT2D eigenvalue weighted by Gasteiger charge is -2.17. The fourth-order valence-electron chi connectivity index (χ4n) is 1.51. The number of carbonyl (C=O) groups excluding carboxylic acids is 1. The molecule has 0 aliphatic carbocycles. The number of benzene rings is 1. The number of aldehydes is 1. The van der Waals surface area contributed by atoms with Gasteiger partial charge in [-0.05, 0) is 6.08 Å². The van der Waals surface area contributed by atoms with Gasteiger partial charge in [0.2, 0.25) is 0 Å². The van der Waals surface area contributed by atoms with Gasteiger partial charge >= 0.3 is 15.6 Å². The molecule has 0 saturated carbocycles. The first-order valence-electron chi connectivity index (χ1n) is 5.27. The lowest BCUT2D eigenvalue weighted by atomic mass is 10.1. The van der Waals surface area contributed by atoms with Crippen LogP contribution in [0.3, 0.4) is 0 Å². The molecule has 0 fully saturated rings. The maximum atomic E-state index is 13.7. The van der Waals surface area contributed by atoms with E-state index < -0.39 is 27.2 Å². The van der Waals surface area contributed by atoms with Gasteiger partial charge in [-0.15, -0.1) is 0 Å². The van der Waals surface area contributed by atoms with Crippen molar-refractivity contribution in [3.05, 3.63) is 29.1 Å². The summed E-state index contributed by atoms with van der Waals surface area (Å²) in [6.45, 7) is -0.217. The molecular formula is C11H6F4O5S. The Labute approximate surface area is 115 Å². The Kier molecular flexibility index (Phi) is 3.66. The van der Waals surface area contributed by atoms with E-state index in [1.54, 1.807) is 0 Å². The zero-order valence-corrected chi connectivity index (χ0v) is 10.8. The van der Waals surface area contributed by atoms with Crippen molar-refractivity contribution in [2.75, 3.05) is 6.61 Å². The minimum Gasteiger partial charge on any atom is -0.488 e. The van der Waals surface area contributed by atoms with Crippen molar-refractivity contribution in [2.24, 2.45) is 0 Å². The number of carbonyl (C=O) groups is 1. The molecule has 114 valence electrons. The third-order valence-corrected chi connectivity index (χ3v) is 3.41. The minimum absolute atomic E-state index is 0.123. The van der Waals surface area contributed by atoms with E-state index in [0.29, 0.717) is 12.4 Å². The largest absolute Gasteiger partial charge is 0.534 e. The molecule has 10 heteroatoms. The van der Waals surface area contributed by atoms with Gasteiger partial charge in [-0.25, -0.2) is 4.39 Å². The van der Waals surface area contributed by atoms with Crippen LogP contribution in [0.2, 0.25) is 0 Å². The monoisotopic (exact) mass is 326 g/mol. The smallest absolute Gasteiger partial charge is 0.488 e. The second kappa shape index (κ2) is 5.02. The number of ether oxygens (including phenoxy) is 1. The van der Waals surface area contributed by atoms with Crippen LogP contribution in [-0.2, 0) is 14.9 Å². The molecule has 1 heterocycles. The van der Waals surface area contributed by atoms with Crippen LogP contribution >= 0.6 is 0 Å². The van der Waals surface area contributed by atoms with Crippen LogP contribution in [0.15, 0.2) is 17.7 Å². The molecule has 1 aliphatic rings. The molecule has 2 rings (SSSR count). The molecule has 0 unspecified atom stereocenters. The third kappa shape index (κ3) is 2.99. The maximum absolute atomic E-state index is 13.7. The minimum atomic E-state index is -5.90. The van der Waals surface area contributed by atoms with Crippen LogP contribution in [0, 0.1) is 5.82 Å². The Hall–Kier alpha value is -2.10. The van der Waals surface area contributed by atoms with E-state index >= 15 is 0 Å². The fourth-order valence-corrected chi connectivity index (χ4v) is 1.95. The number of alkyl halides is 3. The number of halogens is 4. The molecule has 0 amide bonds. The van der Waals surface area contributed by atoms with Gasteiger partial charge in [0.1, 0.15) is 30.2 Å². The summed E-state index contributed by atoms with van der Waals surface area (Å²) < 4.78 is 80.6. The molecule has 21 heavy (non-hydrogen) atoms. The summed E-state index contributed by atoms with van der Waals surface area (Å²) in [5, 5.41) is 0. The summed E-state index contributed by atoms with van der Waals surface area (Å²) in [6.07, 6.45) is 1.57. The van der Waals surface area contributed by atoms with Crippen molar-refractivity contribution < 1.29 is 39.7 Å². The van der Waals surface area contributed by atoms with Crippen LogP contribution in [-0.4, -0.2) is 26.8 Å². The topological polar surface area (TPSA) is 69.7 Å². The van der Waals surface area contributed by atoms with Gasteiger partial charge in [-0.2, -0.15) is 21.6 Å². The summed E-state index contributed by atoms with van der Waals surface area (Å²) in [7, 11) is -5.90. The standard InChI is InChI=1S/C11H6F4O5S/c12-9-2-7(20-21(17,18)11(13,14)15)3-10-8(9)1-6(4-16)5-19-10/h1-4H,5H2. The molecule has 0 saturated heterocycles. The van der Waals surface area contributed by atoms with Crippen molar-refractivity contribution in [1.82, 2.24) is 0 Å². The highest BCUT2D eigenvalue weighted by atomic mass is 32.2. The molecule has 1 aromatic rings. The lowest BCUT2D eigenvalue weighted by Crippen LogP contribution is -2.28. The van der Waals surface area contributed by atoms with Gasteiger partial charge in [0.15, 0.2) is 0 Å². The summed E-state index contributed by atoms with van der Waals surface area (Å²) >= 11 is 0. The average Bonchev–Trinajstić information content (AvgIpc) is 2.36. The number of fused-ring (bicyclic) bond motifs is 1. The van der Waals surface area contributed by atoms with E-state index in [0.717, 1.165) is 12.1 Å². The third-order valence-electron chi connectivity index (χ3n) is 2.43. The molecular weight excluding hydrogens is 320 g/mol. The predicted octanol–water partition coefficient (Wildman–Crippen LogP) is 2.03. The SMILES string of the molecule is O=CC1=Cc2c(F)cc(OS(=O)(=O)C(F)(F)F)cc2OC1. The van der Waals surface area contributed by atoms with Gasteiger partial charge in [0.25, 0.3) is 0 Å². The molecule has 0 bridgehead atoms. The molecule has 0 radical (unpaired) electrons. The van der Waals surface area contributed by atoms with Crippen LogP contribution in [0.1, 0.15) is 5.56 Å². The van der Waals surface area contributed by atoms with E-state index in [2.05, 4.69) is 4.18 Å². The predicted molar refractivity (Wildman–Crippen MR) is 61.5 cm³/mol. The van der Waals surface area contributed by atoms with Crippen LogP contribution < -0.4 is 8.92 Å². The zero-order valence-electron chi connectivity index (χ0n) is 9.98. The Morgan fingerprint density at radius 1 is 1.29 bits per heavy atom. The van der Waals surface area contributed by atoms with E-state index in [4.69, 9.17) is 4.74 Å². The Morgan fingerprint density at radius 3 is 2.52 bits per heavy atom. The molecule has 0 spiro atoms. The number of hydrogen-bond donors (Lipinski definition) is 0. The van der Waals surface area contributed by atoms with Gasteiger partial charge in [0.05, 0.1) is 5.56 Å². The molecule has 5 nitrogen and oxygen atoms in total. The second-order valence-corrected chi connectivity index (χ2v) is 5.46. The molecule has 0 N–H and O–H groups in total. The maximum Gasteiger partial charge on any atom is 0.534 e. The molecule has 0 atom stereocenters. The highest BCUT2D eigenvalue weighted by molar-refractivity contribution is 7.88. The van der Waals surface area contributed by atoms with E-state index in [-0.39, 0.29) is 23.5 Å². The van der Waals surface area contributed by atoms with Crippen LogP contribution in [0.25, 0.3) is 6.08 Å². The first kappa shape index (κ1) is 15.3. The van der Waals surface area contributed by atoms with Crippen molar-refractivity contribution in [3.63, 3.8) is 0 Å². The quantitative estimate of drug-likeness (QED) is 0.368. The summed E-state index contributed by atoms with van der Waals surface area (Å²) in [5.74, 6) is -2.20. The summed E-state index contributed by atoms with van der Waals surface area (Å²) in [5.41, 5.74) is -5.69. The normalized spacial score (nSPS) is 14.8. The molecule has 1 aliphatic heterocycles. The van der Waals surface area contributed by atoms with Crippen molar-refractivity contribution in [2.45, 2.75) is 5.51 Å². The number of hydrogen-bond acceptors (Lipinski definition) is 5. The first-order chi connectivity index (χ1) is 9.64. The van der Waals surface area contributed by atoms with Crippen molar-refractivity contribution >= 4 is 22.5 Å². The Morgan fingerprint density at radius 2 is 1.95 bits per heavy atom. The molecule has 0 aromatic heterocycles. The van der Waals surface area contributed by atoms with Gasteiger partial charge < -0.3 is 8.92 Å². The fraction of sp³-hybridized carbons (Fsp3) is 0.182. The first-order valence-corrected chi connectivity index (χ1v) is 6.68. The number of rotatable bonds is 3. The van der Waals surface area contributed by atoms with Gasteiger partial charge in [0, 0.05) is 17.7 Å². The van der Waals surface area contributed by atoms with Gasteiger partial charge in [-0.3, -0.25) is 4.79 Å².